The molecule has 3 nitrogen and oxygen atoms in total. The molecule has 1 atom stereocenters. The zero-order chi connectivity index (χ0) is 11.3. The number of esters is 1. The fraction of sp³-hybridized carbons (Fsp3) is 0.833. The van der Waals surface area contributed by atoms with E-state index in [1.54, 1.807) is 6.92 Å². The Labute approximate surface area is 91.4 Å². The van der Waals surface area contributed by atoms with E-state index in [2.05, 4.69) is 13.0 Å². The largest absolute Gasteiger partial charge is 0.465 e. The molecule has 84 valence electrons. The normalized spacial score (nSPS) is 27.8. The lowest BCUT2D eigenvalue weighted by Crippen LogP contribution is -2.27. The SMILES string of the molecule is CCOC(=O)C(C#N)C1CCC(C)CC1. The quantitative estimate of drug-likeness (QED) is 0.671. The number of carbonyl (C=O) groups excluding carboxylic acids is 1. The summed E-state index contributed by atoms with van der Waals surface area (Å²) in [6.45, 7) is 4.36. The highest BCUT2D eigenvalue weighted by atomic mass is 16.5. The summed E-state index contributed by atoms with van der Waals surface area (Å²) >= 11 is 0. The highest BCUT2D eigenvalue weighted by Gasteiger charge is 2.31. The molecule has 0 heterocycles. The molecule has 1 unspecified atom stereocenters. The van der Waals surface area contributed by atoms with Crippen LogP contribution in [0.5, 0.6) is 0 Å². The van der Waals surface area contributed by atoms with E-state index in [1.165, 1.54) is 0 Å². The van der Waals surface area contributed by atoms with Gasteiger partial charge in [-0.15, -0.1) is 0 Å². The monoisotopic (exact) mass is 209 g/mol. The predicted octanol–water partition coefficient (Wildman–Crippen LogP) is 2.52. The maximum Gasteiger partial charge on any atom is 0.323 e. The fourth-order valence-electron chi connectivity index (χ4n) is 2.20. The van der Waals surface area contributed by atoms with Gasteiger partial charge in [0.2, 0.25) is 0 Å². The number of nitrogens with zero attached hydrogens (tertiary/aromatic N) is 1. The van der Waals surface area contributed by atoms with Gasteiger partial charge in [0.05, 0.1) is 12.7 Å². The Kier molecular flexibility index (Phi) is 4.61. The topological polar surface area (TPSA) is 50.1 Å². The molecule has 15 heavy (non-hydrogen) atoms. The lowest BCUT2D eigenvalue weighted by Gasteiger charge is -2.28. The molecule has 0 aromatic heterocycles. The fourth-order valence-corrected chi connectivity index (χ4v) is 2.20. The first-order chi connectivity index (χ1) is 7.19. The van der Waals surface area contributed by atoms with Gasteiger partial charge in [-0.3, -0.25) is 4.79 Å². The predicted molar refractivity (Wildman–Crippen MR) is 56.9 cm³/mol. The minimum absolute atomic E-state index is 0.213. The summed E-state index contributed by atoms with van der Waals surface area (Å²) in [6.07, 6.45) is 4.22. The summed E-state index contributed by atoms with van der Waals surface area (Å²) < 4.78 is 4.91. The molecule has 0 aliphatic heterocycles. The molecular weight excluding hydrogens is 190 g/mol. The number of nitriles is 1. The molecule has 0 spiro atoms. The molecule has 0 radical (unpaired) electrons. The van der Waals surface area contributed by atoms with E-state index in [0.29, 0.717) is 6.61 Å². The standard InChI is InChI=1S/C12H19NO2/c1-3-15-12(14)11(8-13)10-6-4-9(2)5-7-10/h9-11H,3-7H2,1-2H3. The third kappa shape index (κ3) is 3.23. The summed E-state index contributed by atoms with van der Waals surface area (Å²) in [7, 11) is 0. The summed E-state index contributed by atoms with van der Waals surface area (Å²) in [5, 5.41) is 8.99. The van der Waals surface area contributed by atoms with Crippen LogP contribution in [-0.4, -0.2) is 12.6 Å². The van der Waals surface area contributed by atoms with E-state index in [9.17, 15) is 4.79 Å². The van der Waals surface area contributed by atoms with Crippen molar-refractivity contribution in [2.24, 2.45) is 17.8 Å². The van der Waals surface area contributed by atoms with Gasteiger partial charge in [-0.1, -0.05) is 19.8 Å². The van der Waals surface area contributed by atoms with E-state index < -0.39 is 5.92 Å². The van der Waals surface area contributed by atoms with Gasteiger partial charge in [-0.25, -0.2) is 0 Å². The Balaban J connectivity index is 2.52. The summed E-state index contributed by atoms with van der Waals surface area (Å²) in [6, 6.07) is 2.10. The number of rotatable bonds is 3. The Morgan fingerprint density at radius 2 is 2.07 bits per heavy atom. The molecule has 1 aliphatic carbocycles. The maximum absolute atomic E-state index is 11.5. The third-order valence-electron chi connectivity index (χ3n) is 3.21. The maximum atomic E-state index is 11.5. The summed E-state index contributed by atoms with van der Waals surface area (Å²) in [4.78, 5) is 11.5. The van der Waals surface area contributed by atoms with Gasteiger partial charge in [0.15, 0.2) is 0 Å². The van der Waals surface area contributed by atoms with E-state index >= 15 is 0 Å². The Morgan fingerprint density at radius 3 is 2.53 bits per heavy atom. The van der Waals surface area contributed by atoms with Crippen LogP contribution in [0.1, 0.15) is 39.5 Å². The molecule has 1 rings (SSSR count). The Hall–Kier alpha value is -1.04. The molecular formula is C12H19NO2. The zero-order valence-corrected chi connectivity index (χ0v) is 9.53. The van der Waals surface area contributed by atoms with E-state index in [0.717, 1.165) is 31.6 Å². The average molecular weight is 209 g/mol. The van der Waals surface area contributed by atoms with Crippen LogP contribution in [0.4, 0.5) is 0 Å². The van der Waals surface area contributed by atoms with Crippen molar-refractivity contribution in [2.45, 2.75) is 39.5 Å². The van der Waals surface area contributed by atoms with Crippen LogP contribution in [0.25, 0.3) is 0 Å². The van der Waals surface area contributed by atoms with Gasteiger partial charge in [-0.05, 0) is 31.6 Å². The molecule has 1 saturated carbocycles. The van der Waals surface area contributed by atoms with Crippen molar-refractivity contribution >= 4 is 5.97 Å². The number of ether oxygens (including phenoxy) is 1. The number of carbonyl (C=O) groups is 1. The highest BCUT2D eigenvalue weighted by molar-refractivity contribution is 5.75. The lowest BCUT2D eigenvalue weighted by molar-refractivity contribution is -0.148. The second-order valence-electron chi connectivity index (χ2n) is 4.38. The molecule has 0 N–H and O–H groups in total. The first-order valence-corrected chi connectivity index (χ1v) is 5.75. The van der Waals surface area contributed by atoms with Gasteiger partial charge < -0.3 is 4.74 Å². The molecule has 0 amide bonds. The smallest absolute Gasteiger partial charge is 0.323 e. The van der Waals surface area contributed by atoms with Crippen molar-refractivity contribution in [1.29, 1.82) is 5.26 Å². The van der Waals surface area contributed by atoms with E-state index in [-0.39, 0.29) is 11.9 Å². The zero-order valence-electron chi connectivity index (χ0n) is 9.53. The van der Waals surface area contributed by atoms with Crippen LogP contribution >= 0.6 is 0 Å². The van der Waals surface area contributed by atoms with Crippen molar-refractivity contribution in [3.63, 3.8) is 0 Å². The molecule has 0 bridgehead atoms. The molecule has 1 fully saturated rings. The van der Waals surface area contributed by atoms with Crippen LogP contribution in [0, 0.1) is 29.1 Å². The minimum atomic E-state index is -0.544. The lowest BCUT2D eigenvalue weighted by atomic mass is 9.77. The van der Waals surface area contributed by atoms with Crippen molar-refractivity contribution in [3.8, 4) is 6.07 Å². The van der Waals surface area contributed by atoms with Crippen LogP contribution in [0.15, 0.2) is 0 Å². The van der Waals surface area contributed by atoms with Gasteiger partial charge in [0, 0.05) is 0 Å². The summed E-state index contributed by atoms with van der Waals surface area (Å²) in [5.41, 5.74) is 0. The average Bonchev–Trinajstić information content (AvgIpc) is 2.22. The molecule has 1 aliphatic rings. The highest BCUT2D eigenvalue weighted by Crippen LogP contribution is 2.33. The molecule has 3 heteroatoms. The number of hydrogen-bond acceptors (Lipinski definition) is 3. The van der Waals surface area contributed by atoms with Crippen molar-refractivity contribution in [3.05, 3.63) is 0 Å². The van der Waals surface area contributed by atoms with Gasteiger partial charge >= 0.3 is 5.97 Å². The van der Waals surface area contributed by atoms with Crippen molar-refractivity contribution in [1.82, 2.24) is 0 Å². The van der Waals surface area contributed by atoms with Crippen LogP contribution < -0.4 is 0 Å². The second-order valence-corrected chi connectivity index (χ2v) is 4.38. The molecule has 0 saturated heterocycles. The van der Waals surface area contributed by atoms with Crippen molar-refractivity contribution < 1.29 is 9.53 Å². The van der Waals surface area contributed by atoms with Gasteiger partial charge in [0.1, 0.15) is 5.92 Å². The van der Waals surface area contributed by atoms with Crippen molar-refractivity contribution in [2.75, 3.05) is 6.61 Å². The van der Waals surface area contributed by atoms with E-state index in [1.807, 2.05) is 0 Å². The summed E-state index contributed by atoms with van der Waals surface area (Å²) in [5.74, 6) is 0.0741. The Morgan fingerprint density at radius 1 is 1.47 bits per heavy atom. The van der Waals surface area contributed by atoms with Gasteiger partial charge in [-0.2, -0.15) is 5.26 Å². The third-order valence-corrected chi connectivity index (χ3v) is 3.21. The second kappa shape index (κ2) is 5.75. The minimum Gasteiger partial charge on any atom is -0.465 e. The van der Waals surface area contributed by atoms with Crippen LogP contribution in [0.3, 0.4) is 0 Å². The van der Waals surface area contributed by atoms with E-state index in [4.69, 9.17) is 10.00 Å². The first kappa shape index (κ1) is 12.0. The van der Waals surface area contributed by atoms with Gasteiger partial charge in [0.25, 0.3) is 0 Å². The van der Waals surface area contributed by atoms with Crippen LogP contribution in [0.2, 0.25) is 0 Å². The molecule has 0 aromatic rings. The molecule has 0 aromatic carbocycles. The number of hydrogen-bond donors (Lipinski definition) is 0. The Bertz CT molecular complexity index is 249. The first-order valence-electron chi connectivity index (χ1n) is 5.75. The van der Waals surface area contributed by atoms with Crippen LogP contribution in [-0.2, 0) is 9.53 Å².